The fourth-order valence-corrected chi connectivity index (χ4v) is 3.95. The highest BCUT2D eigenvalue weighted by molar-refractivity contribution is 5.94. The van der Waals surface area contributed by atoms with Gasteiger partial charge in [0.15, 0.2) is 5.82 Å². The zero-order valence-corrected chi connectivity index (χ0v) is 20.4. The fraction of sp³-hybridized carbons (Fsp3) is 0.385. The van der Waals surface area contributed by atoms with E-state index in [1.807, 2.05) is 29.2 Å². The van der Waals surface area contributed by atoms with E-state index < -0.39 is 0 Å². The molecule has 2 heterocycles. The first-order chi connectivity index (χ1) is 16.9. The Balaban J connectivity index is 1.31. The van der Waals surface area contributed by atoms with Gasteiger partial charge in [-0.25, -0.2) is 4.79 Å². The summed E-state index contributed by atoms with van der Waals surface area (Å²) < 4.78 is 10.7. The minimum atomic E-state index is -0.262. The molecule has 1 aliphatic rings. The second-order valence-electron chi connectivity index (χ2n) is 8.87. The topological polar surface area (TPSA) is 101 Å². The first-order valence-corrected chi connectivity index (χ1v) is 11.8. The number of ether oxygens (including phenoxy) is 1. The molecule has 1 aliphatic heterocycles. The third kappa shape index (κ3) is 5.98. The van der Waals surface area contributed by atoms with Gasteiger partial charge in [-0.1, -0.05) is 24.2 Å². The number of anilines is 1. The predicted octanol–water partition coefficient (Wildman–Crippen LogP) is 4.32. The molecule has 0 unspecified atom stereocenters. The van der Waals surface area contributed by atoms with E-state index in [0.29, 0.717) is 47.6 Å². The third-order valence-electron chi connectivity index (χ3n) is 6.28. The van der Waals surface area contributed by atoms with Crippen molar-refractivity contribution in [2.75, 3.05) is 39.1 Å². The number of carbonyl (C=O) groups is 2. The van der Waals surface area contributed by atoms with Gasteiger partial charge < -0.3 is 24.4 Å². The first-order valence-electron chi connectivity index (χ1n) is 11.8. The number of nitrogens with one attached hydrogen (secondary N) is 1. The summed E-state index contributed by atoms with van der Waals surface area (Å²) >= 11 is 0. The normalized spacial score (nSPS) is 14.0. The van der Waals surface area contributed by atoms with Gasteiger partial charge in [0.25, 0.3) is 11.8 Å². The van der Waals surface area contributed by atoms with Crippen LogP contribution in [0.5, 0.6) is 5.75 Å². The number of urea groups is 1. The van der Waals surface area contributed by atoms with Gasteiger partial charge in [-0.15, -0.1) is 0 Å². The molecule has 3 aromatic rings. The monoisotopic (exact) mass is 477 g/mol. The molecule has 1 fully saturated rings. The van der Waals surface area contributed by atoms with E-state index in [-0.39, 0.29) is 11.9 Å². The lowest BCUT2D eigenvalue weighted by molar-refractivity contribution is 0.0697. The van der Waals surface area contributed by atoms with Crippen LogP contribution in [0.25, 0.3) is 11.5 Å². The number of hydrogen-bond donors (Lipinski definition) is 1. The van der Waals surface area contributed by atoms with Crippen molar-refractivity contribution in [1.29, 1.82) is 0 Å². The number of amides is 3. The summed E-state index contributed by atoms with van der Waals surface area (Å²) in [5.74, 6) is 2.21. The quantitative estimate of drug-likeness (QED) is 0.544. The van der Waals surface area contributed by atoms with E-state index in [0.717, 1.165) is 31.5 Å². The molecule has 0 saturated carbocycles. The summed E-state index contributed by atoms with van der Waals surface area (Å²) in [7, 11) is 3.26. The molecule has 0 spiro atoms. The fourth-order valence-electron chi connectivity index (χ4n) is 3.95. The van der Waals surface area contributed by atoms with Crippen LogP contribution >= 0.6 is 0 Å². The SMILES string of the molecule is COc1ccccc1NC(=O)N(C)CCc1noc(-c2ccc(C(=O)N3CCC(C)CC3)cc2)n1. The van der Waals surface area contributed by atoms with Crippen molar-refractivity contribution in [3.8, 4) is 17.2 Å². The molecular formula is C26H31N5O4. The molecular weight excluding hydrogens is 446 g/mol. The maximum atomic E-state index is 12.7. The lowest BCUT2D eigenvalue weighted by Gasteiger charge is -2.30. The Morgan fingerprint density at radius 3 is 2.57 bits per heavy atom. The molecule has 184 valence electrons. The number of hydrogen-bond acceptors (Lipinski definition) is 6. The largest absolute Gasteiger partial charge is 0.495 e. The molecule has 0 radical (unpaired) electrons. The van der Waals surface area contributed by atoms with Crippen molar-refractivity contribution in [3.05, 3.63) is 59.9 Å². The van der Waals surface area contributed by atoms with E-state index in [9.17, 15) is 9.59 Å². The second-order valence-corrected chi connectivity index (χ2v) is 8.87. The van der Waals surface area contributed by atoms with Crippen LogP contribution in [0.15, 0.2) is 53.1 Å². The Morgan fingerprint density at radius 1 is 1.14 bits per heavy atom. The number of methoxy groups -OCH3 is 1. The second kappa shape index (κ2) is 11.0. The Kier molecular flexibility index (Phi) is 7.64. The van der Waals surface area contributed by atoms with Crippen molar-refractivity contribution in [1.82, 2.24) is 19.9 Å². The molecule has 0 atom stereocenters. The lowest BCUT2D eigenvalue weighted by Crippen LogP contribution is -2.37. The number of likely N-dealkylation sites (N-methyl/N-ethyl adjacent to an activating group) is 1. The maximum absolute atomic E-state index is 12.7. The zero-order valence-electron chi connectivity index (χ0n) is 20.4. The minimum absolute atomic E-state index is 0.0594. The Morgan fingerprint density at radius 2 is 1.86 bits per heavy atom. The number of benzene rings is 2. The van der Waals surface area contributed by atoms with Crippen molar-refractivity contribution in [3.63, 3.8) is 0 Å². The molecule has 4 rings (SSSR count). The van der Waals surface area contributed by atoms with Crippen LogP contribution in [-0.4, -0.2) is 65.7 Å². The summed E-state index contributed by atoms with van der Waals surface area (Å²) in [5.41, 5.74) is 2.01. The number of likely N-dealkylation sites (tertiary alicyclic amines) is 1. The Hall–Kier alpha value is -3.88. The summed E-state index contributed by atoms with van der Waals surface area (Å²) in [4.78, 5) is 33.2. The van der Waals surface area contributed by atoms with Gasteiger partial charge in [0.2, 0.25) is 0 Å². The summed E-state index contributed by atoms with van der Waals surface area (Å²) in [6.07, 6.45) is 2.53. The molecule has 9 heteroatoms. The number of aromatic nitrogens is 2. The van der Waals surface area contributed by atoms with Crippen LogP contribution < -0.4 is 10.1 Å². The van der Waals surface area contributed by atoms with Gasteiger partial charge in [-0.05, 0) is 55.2 Å². The maximum Gasteiger partial charge on any atom is 0.321 e. The first kappa shape index (κ1) is 24.3. The Labute approximate surface area is 205 Å². The van der Waals surface area contributed by atoms with Crippen molar-refractivity contribution in [2.45, 2.75) is 26.2 Å². The molecule has 1 saturated heterocycles. The van der Waals surface area contributed by atoms with Crippen molar-refractivity contribution in [2.24, 2.45) is 5.92 Å². The van der Waals surface area contributed by atoms with E-state index in [1.165, 1.54) is 0 Å². The molecule has 0 bridgehead atoms. The number of piperidine rings is 1. The van der Waals surface area contributed by atoms with Gasteiger partial charge in [-0.3, -0.25) is 4.79 Å². The van der Waals surface area contributed by atoms with Gasteiger partial charge in [0.1, 0.15) is 5.75 Å². The Bertz CT molecular complexity index is 1150. The number of rotatable bonds is 7. The molecule has 35 heavy (non-hydrogen) atoms. The highest BCUT2D eigenvalue weighted by atomic mass is 16.5. The van der Waals surface area contributed by atoms with Gasteiger partial charge in [0, 0.05) is 44.2 Å². The number of para-hydroxylation sites is 2. The van der Waals surface area contributed by atoms with Crippen LogP contribution in [-0.2, 0) is 6.42 Å². The smallest absolute Gasteiger partial charge is 0.321 e. The summed E-state index contributed by atoms with van der Waals surface area (Å²) in [5, 5.41) is 6.87. The van der Waals surface area contributed by atoms with Crippen LogP contribution in [0.4, 0.5) is 10.5 Å². The average Bonchev–Trinajstić information content (AvgIpc) is 3.37. The van der Waals surface area contributed by atoms with E-state index in [1.54, 1.807) is 43.3 Å². The predicted molar refractivity (Wildman–Crippen MR) is 132 cm³/mol. The average molecular weight is 478 g/mol. The lowest BCUT2D eigenvalue weighted by atomic mass is 9.98. The van der Waals surface area contributed by atoms with Crippen molar-refractivity contribution < 1.29 is 18.8 Å². The van der Waals surface area contributed by atoms with E-state index in [2.05, 4.69) is 22.4 Å². The molecule has 2 aromatic carbocycles. The van der Waals surface area contributed by atoms with E-state index >= 15 is 0 Å². The van der Waals surface area contributed by atoms with E-state index in [4.69, 9.17) is 9.26 Å². The minimum Gasteiger partial charge on any atom is -0.495 e. The highest BCUT2D eigenvalue weighted by Crippen LogP contribution is 2.24. The van der Waals surface area contributed by atoms with Gasteiger partial charge in [-0.2, -0.15) is 4.98 Å². The molecule has 1 aromatic heterocycles. The molecule has 1 N–H and O–H groups in total. The number of carbonyl (C=O) groups excluding carboxylic acids is 2. The zero-order chi connectivity index (χ0) is 24.8. The van der Waals surface area contributed by atoms with Crippen LogP contribution in [0.1, 0.15) is 35.9 Å². The standard InChI is InChI=1S/C26H31N5O4/c1-18-12-16-31(17-13-18)25(32)20-10-8-19(9-11-20)24-28-23(29-35-24)14-15-30(2)26(33)27-21-6-4-5-7-22(21)34-3/h4-11,18H,12-17H2,1-3H3,(H,27,33). The van der Waals surface area contributed by atoms with Crippen LogP contribution in [0, 0.1) is 5.92 Å². The molecule has 3 amide bonds. The van der Waals surface area contributed by atoms with Gasteiger partial charge >= 0.3 is 6.03 Å². The highest BCUT2D eigenvalue weighted by Gasteiger charge is 2.21. The number of nitrogens with zero attached hydrogens (tertiary/aromatic N) is 4. The van der Waals surface area contributed by atoms with Crippen molar-refractivity contribution >= 4 is 17.6 Å². The van der Waals surface area contributed by atoms with Gasteiger partial charge in [0.05, 0.1) is 12.8 Å². The molecule has 9 nitrogen and oxygen atoms in total. The van der Waals surface area contributed by atoms with Crippen LogP contribution in [0.3, 0.4) is 0 Å². The summed E-state index contributed by atoms with van der Waals surface area (Å²) in [6, 6.07) is 14.2. The summed E-state index contributed by atoms with van der Waals surface area (Å²) in [6.45, 7) is 4.24. The molecule has 0 aliphatic carbocycles. The third-order valence-corrected chi connectivity index (χ3v) is 6.28. The van der Waals surface area contributed by atoms with Crippen LogP contribution in [0.2, 0.25) is 0 Å².